The van der Waals surface area contributed by atoms with Crippen molar-refractivity contribution in [3.05, 3.63) is 30.0 Å². The molecule has 0 radical (unpaired) electrons. The van der Waals surface area contributed by atoms with Crippen LogP contribution in [-0.4, -0.2) is 84.3 Å². The fourth-order valence-electron chi connectivity index (χ4n) is 7.66. The van der Waals surface area contributed by atoms with Crippen molar-refractivity contribution < 1.29 is 23.8 Å². The minimum atomic E-state index is -1.97. The second-order valence-electron chi connectivity index (χ2n) is 15.7. The molecular weight excluding hydrogens is 627 g/mol. The maximum Gasteiger partial charge on any atom is 0.404 e. The van der Waals surface area contributed by atoms with Gasteiger partial charge in [-0.2, -0.15) is 0 Å². The molecule has 48 heavy (non-hydrogen) atoms. The summed E-state index contributed by atoms with van der Waals surface area (Å²) in [6, 6.07) is 6.30. The first-order valence-electron chi connectivity index (χ1n) is 17.7. The number of anilines is 3. The minimum Gasteiger partial charge on any atom is -0.543 e. The Morgan fingerprint density at radius 1 is 1.12 bits per heavy atom. The van der Waals surface area contributed by atoms with Gasteiger partial charge in [-0.3, -0.25) is 0 Å². The number of aromatic nitrogens is 4. The Labute approximate surface area is 284 Å². The van der Waals surface area contributed by atoms with Crippen LogP contribution in [0.25, 0.3) is 11.2 Å². The molecule has 3 saturated heterocycles. The number of nitrogens with zero attached hydrogens (tertiary/aromatic N) is 6. The summed E-state index contributed by atoms with van der Waals surface area (Å²) in [6.45, 7) is 16.9. The zero-order valence-corrected chi connectivity index (χ0v) is 30.3. The average Bonchev–Trinajstić information content (AvgIpc) is 3.57. The number of fused-ring (bicyclic) bond motifs is 2. The number of carboxylic acid groups (broad SMARTS) is 1. The minimum absolute atomic E-state index is 0.123. The first-order chi connectivity index (χ1) is 22.8. The third-order valence-corrected chi connectivity index (χ3v) is 15.9. The number of ether oxygens (including phenoxy) is 2. The van der Waals surface area contributed by atoms with Gasteiger partial charge in [-0.15, -0.1) is 5.10 Å². The molecule has 1 aromatic carbocycles. The standard InChI is InChI=1S/C35H51N7O5Si/c1-23-30(38-33(43)44)35(22-46-23)14-17-40(18-15-35)27-21-36-29-31(37-27)42(28-11-7-8-19-45-28)39-32(29)41-16-9-10-24-20-25(12-13-26(24)41)47-48(5,6)34(2,3)4/h12-13,20-21,23,28,30,38H,7-11,14-19,22H2,1-6H3,(H,43,44)/t23-,28?,30+/m0/s1. The number of aryl methyl sites for hydroxylation is 1. The lowest BCUT2D eigenvalue weighted by atomic mass is 9.73. The van der Waals surface area contributed by atoms with Crippen LogP contribution in [0.3, 0.4) is 0 Å². The van der Waals surface area contributed by atoms with E-state index in [-0.39, 0.29) is 28.8 Å². The average molecular weight is 678 g/mol. The van der Waals surface area contributed by atoms with Crippen LogP contribution in [0.2, 0.25) is 18.1 Å². The molecule has 4 aliphatic rings. The van der Waals surface area contributed by atoms with Crippen LogP contribution < -0.4 is 19.5 Å². The summed E-state index contributed by atoms with van der Waals surface area (Å²) in [5, 5.41) is 17.6. The normalized spacial score (nSPS) is 24.6. The van der Waals surface area contributed by atoms with Gasteiger partial charge in [0.05, 0.1) is 24.9 Å². The van der Waals surface area contributed by atoms with Gasteiger partial charge in [0.2, 0.25) is 8.32 Å². The number of piperidine rings is 1. The summed E-state index contributed by atoms with van der Waals surface area (Å²) in [4.78, 5) is 26.4. The van der Waals surface area contributed by atoms with Crippen LogP contribution in [-0.2, 0) is 15.9 Å². The monoisotopic (exact) mass is 677 g/mol. The zero-order chi connectivity index (χ0) is 33.8. The Morgan fingerprint density at radius 2 is 1.92 bits per heavy atom. The van der Waals surface area contributed by atoms with Gasteiger partial charge in [-0.1, -0.05) is 20.8 Å². The van der Waals surface area contributed by atoms with E-state index >= 15 is 0 Å². The molecule has 0 aliphatic carbocycles. The number of hydrogen-bond acceptors (Lipinski definition) is 9. The first-order valence-corrected chi connectivity index (χ1v) is 20.6. The van der Waals surface area contributed by atoms with Crippen LogP contribution in [0.5, 0.6) is 5.75 Å². The number of rotatable bonds is 6. The van der Waals surface area contributed by atoms with Gasteiger partial charge in [0, 0.05) is 37.3 Å². The third-order valence-electron chi connectivity index (χ3n) is 11.5. The molecule has 13 heteroatoms. The van der Waals surface area contributed by atoms with Crippen LogP contribution in [0.1, 0.15) is 78.0 Å². The fourth-order valence-corrected chi connectivity index (χ4v) is 8.68. The molecule has 12 nitrogen and oxygen atoms in total. The highest BCUT2D eigenvalue weighted by Crippen LogP contribution is 2.44. The Hall–Kier alpha value is -3.42. The molecule has 1 spiro atoms. The smallest absolute Gasteiger partial charge is 0.404 e. The quantitative estimate of drug-likeness (QED) is 0.274. The van der Waals surface area contributed by atoms with Gasteiger partial charge in [0.25, 0.3) is 0 Å². The molecule has 3 atom stereocenters. The summed E-state index contributed by atoms with van der Waals surface area (Å²) < 4.78 is 20.9. The summed E-state index contributed by atoms with van der Waals surface area (Å²) in [5.74, 6) is 2.57. The lowest BCUT2D eigenvalue weighted by molar-refractivity contribution is -0.0368. The van der Waals surface area contributed by atoms with Gasteiger partial charge in [-0.05, 0) is 93.8 Å². The van der Waals surface area contributed by atoms with Gasteiger partial charge >= 0.3 is 6.09 Å². The van der Waals surface area contributed by atoms with Crippen molar-refractivity contribution in [1.82, 2.24) is 25.1 Å². The molecule has 1 amide bonds. The van der Waals surface area contributed by atoms with Crippen LogP contribution in [0, 0.1) is 5.41 Å². The Morgan fingerprint density at radius 3 is 2.62 bits per heavy atom. The summed E-state index contributed by atoms with van der Waals surface area (Å²) in [5.41, 5.74) is 3.71. The molecule has 0 bridgehead atoms. The number of benzene rings is 1. The summed E-state index contributed by atoms with van der Waals surface area (Å²) >= 11 is 0. The molecule has 6 heterocycles. The van der Waals surface area contributed by atoms with E-state index in [1.807, 2.05) is 17.8 Å². The third kappa shape index (κ3) is 6.02. The molecule has 3 fully saturated rings. The summed E-state index contributed by atoms with van der Waals surface area (Å²) in [6.07, 6.45) is 7.17. The van der Waals surface area contributed by atoms with Crippen molar-refractivity contribution >= 4 is 42.9 Å². The molecule has 4 aliphatic heterocycles. The first kappa shape index (κ1) is 33.1. The highest BCUT2D eigenvalue weighted by atomic mass is 28.4. The topological polar surface area (TPSA) is 127 Å². The predicted molar refractivity (Wildman–Crippen MR) is 188 cm³/mol. The van der Waals surface area contributed by atoms with Gasteiger partial charge < -0.3 is 34.1 Å². The van der Waals surface area contributed by atoms with E-state index < -0.39 is 14.4 Å². The van der Waals surface area contributed by atoms with Crippen molar-refractivity contribution in [3.63, 3.8) is 0 Å². The van der Waals surface area contributed by atoms with Crippen LogP contribution in [0.4, 0.5) is 22.1 Å². The van der Waals surface area contributed by atoms with Gasteiger partial charge in [0.1, 0.15) is 11.6 Å². The van der Waals surface area contributed by atoms with Crippen LogP contribution >= 0.6 is 0 Å². The number of carbonyl (C=O) groups is 1. The second-order valence-corrected chi connectivity index (χ2v) is 20.4. The van der Waals surface area contributed by atoms with Crippen molar-refractivity contribution in [2.24, 2.45) is 5.41 Å². The van der Waals surface area contributed by atoms with E-state index in [1.54, 1.807) is 0 Å². The molecule has 7 rings (SSSR count). The van der Waals surface area contributed by atoms with Crippen molar-refractivity contribution in [3.8, 4) is 5.75 Å². The van der Waals surface area contributed by atoms with Crippen molar-refractivity contribution in [1.29, 1.82) is 0 Å². The molecule has 1 unspecified atom stereocenters. The summed E-state index contributed by atoms with van der Waals surface area (Å²) in [7, 11) is -1.97. The van der Waals surface area contributed by atoms with E-state index in [2.05, 4.69) is 67.2 Å². The lowest BCUT2D eigenvalue weighted by Gasteiger charge is -2.42. The Balaban J connectivity index is 1.19. The fraction of sp³-hybridized carbons (Fsp3) is 0.657. The predicted octanol–water partition coefficient (Wildman–Crippen LogP) is 6.64. The number of hydrogen-bond donors (Lipinski definition) is 2. The molecule has 260 valence electrons. The molecular formula is C35H51N7O5Si. The molecule has 0 saturated carbocycles. The molecule has 2 aromatic heterocycles. The van der Waals surface area contributed by atoms with E-state index in [0.717, 1.165) is 98.8 Å². The maximum atomic E-state index is 11.6. The number of amides is 1. The van der Waals surface area contributed by atoms with Crippen molar-refractivity contribution in [2.45, 2.75) is 109 Å². The zero-order valence-electron chi connectivity index (χ0n) is 29.3. The molecule has 2 N–H and O–H groups in total. The van der Waals surface area contributed by atoms with Crippen molar-refractivity contribution in [2.75, 3.05) is 42.6 Å². The largest absolute Gasteiger partial charge is 0.543 e. The van der Waals surface area contributed by atoms with E-state index in [0.29, 0.717) is 13.2 Å². The Kier molecular flexibility index (Phi) is 8.60. The second kappa shape index (κ2) is 12.5. The SMILES string of the molecule is C[C@@H]1OCC2(CCN(c3cnc4c(N5CCCc6cc(O[Si](C)(C)C(C)(C)C)ccc65)nn(C5CCCCO5)c4n3)CC2)[C@@H]1NC(=O)O. The van der Waals surface area contributed by atoms with E-state index in [1.165, 1.54) is 5.56 Å². The maximum absolute atomic E-state index is 11.6. The van der Waals surface area contributed by atoms with Gasteiger partial charge in [-0.25, -0.2) is 19.4 Å². The lowest BCUT2D eigenvalue weighted by Crippen LogP contribution is -2.54. The van der Waals surface area contributed by atoms with E-state index in [4.69, 9.17) is 29.0 Å². The highest BCUT2D eigenvalue weighted by Gasteiger charge is 2.50. The van der Waals surface area contributed by atoms with E-state index in [9.17, 15) is 9.90 Å². The Bertz CT molecular complexity index is 1660. The molecule has 3 aromatic rings. The highest BCUT2D eigenvalue weighted by molar-refractivity contribution is 6.74. The van der Waals surface area contributed by atoms with Crippen LogP contribution in [0.15, 0.2) is 24.4 Å². The number of nitrogens with one attached hydrogen (secondary N) is 1. The van der Waals surface area contributed by atoms with Gasteiger partial charge in [0.15, 0.2) is 23.2 Å².